The van der Waals surface area contributed by atoms with E-state index in [4.69, 9.17) is 26.2 Å². The van der Waals surface area contributed by atoms with E-state index in [0.717, 1.165) is 12.0 Å². The number of hydrogen-bond acceptors (Lipinski definition) is 4. The summed E-state index contributed by atoms with van der Waals surface area (Å²) in [4.78, 5) is 11.8. The van der Waals surface area contributed by atoms with E-state index in [-0.39, 0.29) is 18.7 Å². The van der Waals surface area contributed by atoms with Crippen LogP contribution in [0.3, 0.4) is 0 Å². The molecule has 1 aromatic carbocycles. The first-order valence-electron chi connectivity index (χ1n) is 7.37. The van der Waals surface area contributed by atoms with Crippen molar-refractivity contribution in [2.24, 2.45) is 0 Å². The van der Waals surface area contributed by atoms with Crippen LogP contribution in [0.2, 0.25) is 5.02 Å². The van der Waals surface area contributed by atoms with Gasteiger partial charge >= 0.3 is 6.03 Å². The smallest absolute Gasteiger partial charge is 0.315 e. The second-order valence-electron chi connectivity index (χ2n) is 5.07. The quantitative estimate of drug-likeness (QED) is 0.773. The standard InChI is InChI=1S/C15H21ClN2O4/c1-2-11(9-19)18-15(20)17-8-10-6-12(16)14-13(7-10)21-4-3-5-22-14/h6-7,11,19H,2-5,8-9H2,1H3,(H2,17,18,20). The fourth-order valence-electron chi connectivity index (χ4n) is 2.08. The van der Waals surface area contributed by atoms with Gasteiger partial charge in [0.15, 0.2) is 11.5 Å². The largest absolute Gasteiger partial charge is 0.489 e. The van der Waals surface area contributed by atoms with Gasteiger partial charge in [-0.1, -0.05) is 18.5 Å². The van der Waals surface area contributed by atoms with Crippen LogP contribution in [0, 0.1) is 0 Å². The number of aliphatic hydroxyl groups excluding tert-OH is 1. The number of benzene rings is 1. The fraction of sp³-hybridized carbons (Fsp3) is 0.533. The number of nitrogens with one attached hydrogen (secondary N) is 2. The van der Waals surface area contributed by atoms with Crippen LogP contribution in [-0.2, 0) is 6.54 Å². The Morgan fingerprint density at radius 2 is 2.18 bits per heavy atom. The predicted molar refractivity (Wildman–Crippen MR) is 83.6 cm³/mol. The molecule has 0 aromatic heterocycles. The molecular weight excluding hydrogens is 308 g/mol. The molecule has 2 rings (SSSR count). The summed E-state index contributed by atoms with van der Waals surface area (Å²) in [5.41, 5.74) is 0.821. The summed E-state index contributed by atoms with van der Waals surface area (Å²) in [5, 5.41) is 15.0. The van der Waals surface area contributed by atoms with Crippen molar-refractivity contribution in [1.82, 2.24) is 10.6 Å². The number of rotatable bonds is 5. The first-order valence-corrected chi connectivity index (χ1v) is 7.75. The Morgan fingerprint density at radius 1 is 1.41 bits per heavy atom. The van der Waals surface area contributed by atoms with E-state index < -0.39 is 0 Å². The molecule has 0 fully saturated rings. The Bertz CT molecular complexity index is 521. The van der Waals surface area contributed by atoms with E-state index in [1.165, 1.54) is 0 Å². The van der Waals surface area contributed by atoms with E-state index in [1.54, 1.807) is 6.07 Å². The molecule has 3 N–H and O–H groups in total. The maximum atomic E-state index is 11.8. The number of amides is 2. The van der Waals surface area contributed by atoms with Gasteiger partial charge in [-0.05, 0) is 24.1 Å². The van der Waals surface area contributed by atoms with Crippen LogP contribution >= 0.6 is 11.6 Å². The van der Waals surface area contributed by atoms with Gasteiger partial charge < -0.3 is 25.2 Å². The molecule has 0 saturated heterocycles. The van der Waals surface area contributed by atoms with E-state index in [9.17, 15) is 4.79 Å². The van der Waals surface area contributed by atoms with Crippen molar-refractivity contribution in [2.75, 3.05) is 19.8 Å². The number of fused-ring (bicyclic) bond motifs is 1. The first kappa shape index (κ1) is 16.7. The van der Waals surface area contributed by atoms with Crippen molar-refractivity contribution in [1.29, 1.82) is 0 Å². The van der Waals surface area contributed by atoms with Crippen molar-refractivity contribution >= 4 is 17.6 Å². The minimum absolute atomic E-state index is 0.0836. The molecule has 0 radical (unpaired) electrons. The van der Waals surface area contributed by atoms with Crippen LogP contribution in [0.5, 0.6) is 11.5 Å². The predicted octanol–water partition coefficient (Wildman–Crippen LogP) is 2.07. The number of hydrogen-bond donors (Lipinski definition) is 3. The normalized spacial score (nSPS) is 14.9. The lowest BCUT2D eigenvalue weighted by atomic mass is 10.2. The monoisotopic (exact) mass is 328 g/mol. The number of ether oxygens (including phenoxy) is 2. The zero-order valence-electron chi connectivity index (χ0n) is 12.5. The summed E-state index contributed by atoms with van der Waals surface area (Å²) in [6, 6.07) is 2.99. The second kappa shape index (κ2) is 8.10. The summed E-state index contributed by atoms with van der Waals surface area (Å²) < 4.78 is 11.2. The number of aliphatic hydroxyl groups is 1. The van der Waals surface area contributed by atoms with Crippen LogP contribution < -0.4 is 20.1 Å². The molecule has 7 heteroatoms. The van der Waals surface area contributed by atoms with Gasteiger partial charge in [0.1, 0.15) is 0 Å². The van der Waals surface area contributed by atoms with Gasteiger partial charge in [0.2, 0.25) is 0 Å². The summed E-state index contributed by atoms with van der Waals surface area (Å²) in [6.45, 7) is 3.27. The highest BCUT2D eigenvalue weighted by atomic mass is 35.5. The Kier molecular flexibility index (Phi) is 6.15. The van der Waals surface area contributed by atoms with Gasteiger partial charge in [0.05, 0.1) is 30.9 Å². The summed E-state index contributed by atoms with van der Waals surface area (Å²) in [5.74, 6) is 1.16. The van der Waals surface area contributed by atoms with Crippen LogP contribution in [0.25, 0.3) is 0 Å². The van der Waals surface area contributed by atoms with Gasteiger partial charge in [0, 0.05) is 13.0 Å². The molecule has 22 heavy (non-hydrogen) atoms. The molecule has 2 amide bonds. The second-order valence-corrected chi connectivity index (χ2v) is 5.48. The van der Waals surface area contributed by atoms with E-state index in [0.29, 0.717) is 42.7 Å². The highest BCUT2D eigenvalue weighted by Gasteiger charge is 2.16. The summed E-state index contributed by atoms with van der Waals surface area (Å²) >= 11 is 6.20. The van der Waals surface area contributed by atoms with Gasteiger partial charge in [0.25, 0.3) is 0 Å². The third-order valence-corrected chi connectivity index (χ3v) is 3.64. The number of urea groups is 1. The molecule has 1 unspecified atom stereocenters. The maximum Gasteiger partial charge on any atom is 0.315 e. The molecule has 0 saturated carbocycles. The zero-order chi connectivity index (χ0) is 15.9. The number of halogens is 1. The van der Waals surface area contributed by atoms with Gasteiger partial charge in [-0.2, -0.15) is 0 Å². The molecule has 1 aliphatic heterocycles. The molecule has 1 aliphatic rings. The van der Waals surface area contributed by atoms with Crippen molar-refractivity contribution in [3.05, 3.63) is 22.7 Å². The summed E-state index contributed by atoms with van der Waals surface area (Å²) in [6.07, 6.45) is 1.47. The van der Waals surface area contributed by atoms with E-state index in [1.807, 2.05) is 13.0 Å². The van der Waals surface area contributed by atoms with Crippen molar-refractivity contribution in [3.63, 3.8) is 0 Å². The molecule has 0 spiro atoms. The molecular formula is C15H21ClN2O4. The van der Waals surface area contributed by atoms with Crippen molar-refractivity contribution < 1.29 is 19.4 Å². The van der Waals surface area contributed by atoms with Gasteiger partial charge in [-0.25, -0.2) is 4.79 Å². The molecule has 1 heterocycles. The van der Waals surface area contributed by atoms with Crippen molar-refractivity contribution in [2.45, 2.75) is 32.4 Å². The first-order chi connectivity index (χ1) is 10.6. The fourth-order valence-corrected chi connectivity index (χ4v) is 2.37. The van der Waals surface area contributed by atoms with Crippen LogP contribution in [0.15, 0.2) is 12.1 Å². The lowest BCUT2D eigenvalue weighted by Gasteiger charge is -2.15. The number of carbonyl (C=O) groups excluding carboxylic acids is 1. The molecule has 1 atom stereocenters. The third-order valence-electron chi connectivity index (χ3n) is 3.36. The lowest BCUT2D eigenvalue weighted by molar-refractivity contribution is 0.214. The Morgan fingerprint density at radius 3 is 2.91 bits per heavy atom. The van der Waals surface area contributed by atoms with Gasteiger partial charge in [-0.3, -0.25) is 0 Å². The van der Waals surface area contributed by atoms with Crippen LogP contribution in [-0.4, -0.2) is 37.0 Å². The molecule has 0 aliphatic carbocycles. The third kappa shape index (κ3) is 4.42. The maximum absolute atomic E-state index is 11.8. The molecule has 1 aromatic rings. The van der Waals surface area contributed by atoms with Crippen molar-refractivity contribution in [3.8, 4) is 11.5 Å². The number of carbonyl (C=O) groups is 1. The summed E-state index contributed by atoms with van der Waals surface area (Å²) in [7, 11) is 0. The minimum Gasteiger partial charge on any atom is -0.489 e. The van der Waals surface area contributed by atoms with Crippen LogP contribution in [0.4, 0.5) is 4.79 Å². The minimum atomic E-state index is -0.330. The Hall–Kier alpha value is -1.66. The Balaban J connectivity index is 1.97. The average Bonchev–Trinajstić information content (AvgIpc) is 2.76. The zero-order valence-corrected chi connectivity index (χ0v) is 13.3. The highest BCUT2D eigenvalue weighted by Crippen LogP contribution is 2.37. The lowest BCUT2D eigenvalue weighted by Crippen LogP contribution is -2.43. The average molecular weight is 329 g/mol. The highest BCUT2D eigenvalue weighted by molar-refractivity contribution is 6.32. The van der Waals surface area contributed by atoms with E-state index >= 15 is 0 Å². The van der Waals surface area contributed by atoms with Gasteiger partial charge in [-0.15, -0.1) is 0 Å². The van der Waals surface area contributed by atoms with E-state index in [2.05, 4.69) is 10.6 Å². The van der Waals surface area contributed by atoms with Crippen LogP contribution in [0.1, 0.15) is 25.3 Å². The molecule has 122 valence electrons. The molecule has 6 nitrogen and oxygen atoms in total. The molecule has 0 bridgehead atoms. The Labute approximate surface area is 134 Å². The topological polar surface area (TPSA) is 79.8 Å². The SMILES string of the molecule is CCC(CO)NC(=O)NCc1cc(Cl)c2c(c1)OCCCO2.